The minimum atomic E-state index is -0.00432. The van der Waals surface area contributed by atoms with Crippen molar-refractivity contribution >= 4 is 41.3 Å². The van der Waals surface area contributed by atoms with Gasteiger partial charge in [0.05, 0.1) is 13.7 Å². The molecular formula is C23H35IN4O2S. The summed E-state index contributed by atoms with van der Waals surface area (Å²) in [4.78, 5) is 8.33. The van der Waals surface area contributed by atoms with Gasteiger partial charge in [-0.1, -0.05) is 12.1 Å². The molecule has 2 aromatic rings. The Morgan fingerprint density at radius 3 is 2.77 bits per heavy atom. The van der Waals surface area contributed by atoms with Crippen LogP contribution in [-0.4, -0.2) is 57.8 Å². The number of methoxy groups -OCH3 is 1. The van der Waals surface area contributed by atoms with Crippen molar-refractivity contribution in [3.05, 3.63) is 46.7 Å². The molecule has 172 valence electrons. The molecule has 1 saturated heterocycles. The van der Waals surface area contributed by atoms with Crippen molar-refractivity contribution in [2.24, 2.45) is 10.9 Å². The molecule has 1 fully saturated rings. The van der Waals surface area contributed by atoms with E-state index in [-0.39, 0.29) is 30.1 Å². The van der Waals surface area contributed by atoms with Gasteiger partial charge in [0.1, 0.15) is 17.6 Å². The molecule has 1 aromatic heterocycles. The number of nitrogens with zero attached hydrogens (tertiary/aromatic N) is 2. The average Bonchev–Trinajstić information content (AvgIpc) is 3.28. The molecule has 0 radical (unpaired) electrons. The SMILES string of the molecule is CN=C(NCC(C)Oc1cccc(OC)c1)NCC1CCCN(C)C1c1cccs1.I. The Kier molecular flexibility index (Phi) is 10.9. The summed E-state index contributed by atoms with van der Waals surface area (Å²) >= 11 is 1.85. The Morgan fingerprint density at radius 1 is 1.26 bits per heavy atom. The van der Waals surface area contributed by atoms with Gasteiger partial charge in [-0.15, -0.1) is 35.3 Å². The highest BCUT2D eigenvalue weighted by molar-refractivity contribution is 14.0. The number of guanidine groups is 1. The number of piperidine rings is 1. The van der Waals surface area contributed by atoms with Gasteiger partial charge in [-0.3, -0.25) is 9.89 Å². The molecule has 3 unspecified atom stereocenters. The van der Waals surface area contributed by atoms with Gasteiger partial charge >= 0.3 is 0 Å². The average molecular weight is 559 g/mol. The van der Waals surface area contributed by atoms with Gasteiger partial charge in [-0.2, -0.15) is 0 Å². The molecule has 0 bridgehead atoms. The van der Waals surface area contributed by atoms with Crippen LogP contribution in [0.1, 0.15) is 30.7 Å². The highest BCUT2D eigenvalue weighted by Crippen LogP contribution is 2.36. The third-order valence-corrected chi connectivity index (χ3v) is 6.48. The van der Waals surface area contributed by atoms with Crippen molar-refractivity contribution in [3.8, 4) is 11.5 Å². The Labute approximate surface area is 207 Å². The lowest BCUT2D eigenvalue weighted by atomic mass is 9.88. The van der Waals surface area contributed by atoms with Crippen LogP contribution in [-0.2, 0) is 0 Å². The van der Waals surface area contributed by atoms with Crippen LogP contribution >= 0.6 is 35.3 Å². The molecule has 0 aliphatic carbocycles. The van der Waals surface area contributed by atoms with Crippen molar-refractivity contribution in [1.29, 1.82) is 0 Å². The van der Waals surface area contributed by atoms with Gasteiger partial charge < -0.3 is 20.1 Å². The lowest BCUT2D eigenvalue weighted by molar-refractivity contribution is 0.125. The van der Waals surface area contributed by atoms with Gasteiger partial charge in [-0.25, -0.2) is 0 Å². The maximum Gasteiger partial charge on any atom is 0.191 e. The van der Waals surface area contributed by atoms with Gasteiger partial charge in [0, 0.05) is 30.6 Å². The van der Waals surface area contributed by atoms with Gasteiger partial charge in [-0.05, 0) is 62.9 Å². The van der Waals surface area contributed by atoms with E-state index in [2.05, 4.69) is 45.1 Å². The van der Waals surface area contributed by atoms with E-state index >= 15 is 0 Å². The van der Waals surface area contributed by atoms with Crippen LogP contribution in [0, 0.1) is 5.92 Å². The number of thiophene rings is 1. The molecule has 3 rings (SSSR count). The van der Waals surface area contributed by atoms with Crippen molar-refractivity contribution in [2.75, 3.05) is 40.8 Å². The molecular weight excluding hydrogens is 523 g/mol. The molecule has 2 N–H and O–H groups in total. The van der Waals surface area contributed by atoms with Crippen LogP contribution in [0.5, 0.6) is 11.5 Å². The van der Waals surface area contributed by atoms with Gasteiger partial charge in [0.15, 0.2) is 5.96 Å². The normalized spacial score (nSPS) is 20.5. The number of ether oxygens (including phenoxy) is 2. The highest BCUT2D eigenvalue weighted by Gasteiger charge is 2.31. The molecule has 0 amide bonds. The number of benzene rings is 1. The quantitative estimate of drug-likeness (QED) is 0.286. The number of aliphatic imine (C=N–C) groups is 1. The third kappa shape index (κ3) is 7.54. The van der Waals surface area contributed by atoms with E-state index in [1.54, 1.807) is 7.11 Å². The first-order valence-corrected chi connectivity index (χ1v) is 11.5. The Balaban J connectivity index is 0.00000341. The van der Waals surface area contributed by atoms with Gasteiger partial charge in [0.2, 0.25) is 0 Å². The van der Waals surface area contributed by atoms with Crippen molar-refractivity contribution < 1.29 is 9.47 Å². The van der Waals surface area contributed by atoms with Crippen LogP contribution in [0.15, 0.2) is 46.8 Å². The topological polar surface area (TPSA) is 58.1 Å². The van der Waals surface area contributed by atoms with Crippen molar-refractivity contribution in [1.82, 2.24) is 15.5 Å². The molecule has 1 aliphatic heterocycles. The minimum Gasteiger partial charge on any atom is -0.497 e. The fraction of sp³-hybridized carbons (Fsp3) is 0.522. The predicted octanol–water partition coefficient (Wildman–Crippen LogP) is 4.39. The number of halogens is 1. The van der Waals surface area contributed by atoms with E-state index in [1.165, 1.54) is 17.7 Å². The van der Waals surface area contributed by atoms with E-state index in [1.807, 2.05) is 49.6 Å². The Hall–Kier alpha value is -1.52. The first-order chi connectivity index (χ1) is 14.6. The zero-order valence-corrected chi connectivity index (χ0v) is 22.0. The Morgan fingerprint density at radius 2 is 2.06 bits per heavy atom. The number of likely N-dealkylation sites (tertiary alicyclic amines) is 1. The second kappa shape index (κ2) is 13.1. The molecule has 31 heavy (non-hydrogen) atoms. The maximum absolute atomic E-state index is 6.00. The van der Waals surface area contributed by atoms with E-state index in [0.717, 1.165) is 30.5 Å². The number of nitrogens with one attached hydrogen (secondary N) is 2. The summed E-state index contributed by atoms with van der Waals surface area (Å²) in [7, 11) is 5.71. The van der Waals surface area contributed by atoms with E-state index in [9.17, 15) is 0 Å². The summed E-state index contributed by atoms with van der Waals surface area (Å²) < 4.78 is 11.3. The van der Waals surface area contributed by atoms with Crippen LogP contribution in [0.3, 0.4) is 0 Å². The van der Waals surface area contributed by atoms with Crippen LogP contribution < -0.4 is 20.1 Å². The second-order valence-corrected chi connectivity index (χ2v) is 8.76. The molecule has 6 nitrogen and oxygen atoms in total. The summed E-state index contributed by atoms with van der Waals surface area (Å²) in [5.74, 6) is 2.97. The molecule has 2 heterocycles. The third-order valence-electron chi connectivity index (χ3n) is 5.53. The van der Waals surface area contributed by atoms with Crippen LogP contribution in [0.2, 0.25) is 0 Å². The zero-order valence-electron chi connectivity index (χ0n) is 18.8. The molecule has 0 spiro atoms. The summed E-state index contributed by atoms with van der Waals surface area (Å²) in [6.07, 6.45) is 2.46. The number of hydrogen-bond acceptors (Lipinski definition) is 5. The minimum absolute atomic E-state index is 0. The van der Waals surface area contributed by atoms with Crippen LogP contribution in [0.25, 0.3) is 0 Å². The summed E-state index contributed by atoms with van der Waals surface area (Å²) in [6.45, 7) is 4.77. The summed E-state index contributed by atoms with van der Waals surface area (Å²) in [6, 6.07) is 12.6. The molecule has 1 aliphatic rings. The highest BCUT2D eigenvalue weighted by atomic mass is 127. The number of rotatable bonds is 8. The number of hydrogen-bond donors (Lipinski definition) is 2. The molecule has 1 aromatic carbocycles. The second-order valence-electron chi connectivity index (χ2n) is 7.78. The lowest BCUT2D eigenvalue weighted by Gasteiger charge is -2.39. The molecule has 0 saturated carbocycles. The van der Waals surface area contributed by atoms with Crippen molar-refractivity contribution in [2.45, 2.75) is 31.9 Å². The first-order valence-electron chi connectivity index (χ1n) is 10.6. The van der Waals surface area contributed by atoms with Crippen LogP contribution in [0.4, 0.5) is 0 Å². The molecule has 8 heteroatoms. The van der Waals surface area contributed by atoms with E-state index < -0.39 is 0 Å². The molecule has 3 atom stereocenters. The van der Waals surface area contributed by atoms with Crippen molar-refractivity contribution in [3.63, 3.8) is 0 Å². The predicted molar refractivity (Wildman–Crippen MR) is 140 cm³/mol. The van der Waals surface area contributed by atoms with E-state index in [0.29, 0.717) is 18.5 Å². The van der Waals surface area contributed by atoms with E-state index in [4.69, 9.17) is 9.47 Å². The summed E-state index contributed by atoms with van der Waals surface area (Å²) in [5, 5.41) is 9.09. The summed E-state index contributed by atoms with van der Waals surface area (Å²) in [5.41, 5.74) is 0. The standard InChI is InChI=1S/C23H34N4O2S.HI/c1-17(29-20-10-5-9-19(14-20)28-4)15-25-23(24-2)26-16-18-8-6-12-27(3)22(18)21-11-7-13-30-21;/h5,7,9-11,13-14,17-18,22H,6,8,12,15-16H2,1-4H3,(H2,24,25,26);1H. The largest absolute Gasteiger partial charge is 0.497 e. The monoisotopic (exact) mass is 558 g/mol. The fourth-order valence-corrected chi connectivity index (χ4v) is 5.00. The zero-order chi connectivity index (χ0) is 21.3. The lowest BCUT2D eigenvalue weighted by Crippen LogP contribution is -2.46. The smallest absolute Gasteiger partial charge is 0.191 e. The maximum atomic E-state index is 6.00. The van der Waals surface area contributed by atoms with Gasteiger partial charge in [0.25, 0.3) is 0 Å². The Bertz CT molecular complexity index is 803. The first kappa shape index (κ1) is 25.7. The fourth-order valence-electron chi connectivity index (χ4n) is 4.02.